The Bertz CT molecular complexity index is 973. The summed E-state index contributed by atoms with van der Waals surface area (Å²) in [7, 11) is -3.62. The smallest absolute Gasteiger partial charge is 0.265 e. The van der Waals surface area contributed by atoms with E-state index in [-0.39, 0.29) is 10.8 Å². The second-order valence-electron chi connectivity index (χ2n) is 8.00. The van der Waals surface area contributed by atoms with Crippen LogP contribution in [0.15, 0.2) is 45.8 Å². The highest BCUT2D eigenvalue weighted by molar-refractivity contribution is 9.10. The van der Waals surface area contributed by atoms with Gasteiger partial charge in [0.25, 0.3) is 5.91 Å². The number of benzene rings is 2. The van der Waals surface area contributed by atoms with Crippen LogP contribution in [0.5, 0.6) is 5.75 Å². The molecule has 0 aliphatic rings. The second-order valence-corrected chi connectivity index (χ2v) is 10.6. The van der Waals surface area contributed by atoms with Gasteiger partial charge in [0.05, 0.1) is 4.90 Å². The molecule has 2 aromatic carbocycles. The zero-order chi connectivity index (χ0) is 22.0. The molecule has 158 valence electrons. The van der Waals surface area contributed by atoms with Gasteiger partial charge >= 0.3 is 0 Å². The van der Waals surface area contributed by atoms with Crippen molar-refractivity contribution in [2.45, 2.75) is 58.1 Å². The Morgan fingerprint density at radius 3 is 2.07 bits per heavy atom. The van der Waals surface area contributed by atoms with Crippen LogP contribution in [0.25, 0.3) is 0 Å². The SMILES string of the molecule is Cc1cc(Br)cc(C)c1OC(C)C(=O)Nc1ccc(S(=O)(=O)NC(C)(C)C)cc1. The fourth-order valence-corrected chi connectivity index (χ4v) is 4.84. The number of ether oxygens (including phenoxy) is 1. The molecule has 2 aromatic rings. The van der Waals surface area contributed by atoms with Crippen LogP contribution in [0.4, 0.5) is 5.69 Å². The number of hydrogen-bond acceptors (Lipinski definition) is 4. The van der Waals surface area contributed by atoms with Gasteiger partial charge in [0.2, 0.25) is 10.0 Å². The molecule has 0 saturated heterocycles. The summed E-state index contributed by atoms with van der Waals surface area (Å²) in [5.74, 6) is 0.348. The summed E-state index contributed by atoms with van der Waals surface area (Å²) in [6.45, 7) is 10.8. The summed E-state index contributed by atoms with van der Waals surface area (Å²) < 4.78 is 34.1. The van der Waals surface area contributed by atoms with E-state index in [4.69, 9.17) is 4.74 Å². The molecule has 0 saturated carbocycles. The van der Waals surface area contributed by atoms with Gasteiger partial charge in [0, 0.05) is 15.7 Å². The van der Waals surface area contributed by atoms with Gasteiger partial charge < -0.3 is 10.1 Å². The summed E-state index contributed by atoms with van der Waals surface area (Å²) in [4.78, 5) is 12.6. The van der Waals surface area contributed by atoms with Gasteiger partial charge in [-0.2, -0.15) is 0 Å². The summed E-state index contributed by atoms with van der Waals surface area (Å²) in [6.07, 6.45) is -0.723. The first-order valence-electron chi connectivity index (χ1n) is 9.17. The van der Waals surface area contributed by atoms with Gasteiger partial charge in [0.1, 0.15) is 5.75 Å². The maximum absolute atomic E-state index is 12.5. The number of rotatable bonds is 6. The number of carbonyl (C=O) groups is 1. The molecule has 8 heteroatoms. The van der Waals surface area contributed by atoms with E-state index < -0.39 is 21.7 Å². The lowest BCUT2D eigenvalue weighted by molar-refractivity contribution is -0.122. The summed E-state index contributed by atoms with van der Waals surface area (Å²) in [5.41, 5.74) is 1.76. The van der Waals surface area contributed by atoms with E-state index in [1.54, 1.807) is 39.8 Å². The van der Waals surface area contributed by atoms with Crippen molar-refractivity contribution in [1.29, 1.82) is 0 Å². The molecular formula is C21H27BrN2O4S. The molecular weight excluding hydrogens is 456 g/mol. The lowest BCUT2D eigenvalue weighted by Crippen LogP contribution is -2.40. The van der Waals surface area contributed by atoms with Gasteiger partial charge in [0.15, 0.2) is 6.10 Å². The molecule has 2 N–H and O–H groups in total. The van der Waals surface area contributed by atoms with Crippen molar-refractivity contribution < 1.29 is 17.9 Å². The van der Waals surface area contributed by atoms with Crippen molar-refractivity contribution in [3.63, 3.8) is 0 Å². The van der Waals surface area contributed by atoms with Crippen LogP contribution in [0.3, 0.4) is 0 Å². The van der Waals surface area contributed by atoms with Crippen LogP contribution in [0.2, 0.25) is 0 Å². The molecule has 6 nitrogen and oxygen atoms in total. The normalized spacial score (nSPS) is 13.1. The zero-order valence-electron chi connectivity index (χ0n) is 17.5. The molecule has 1 amide bonds. The average Bonchev–Trinajstić information content (AvgIpc) is 2.56. The van der Waals surface area contributed by atoms with Gasteiger partial charge in [-0.3, -0.25) is 4.79 Å². The monoisotopic (exact) mass is 482 g/mol. The highest BCUT2D eigenvalue weighted by Gasteiger charge is 2.22. The van der Waals surface area contributed by atoms with Crippen molar-refractivity contribution in [2.75, 3.05) is 5.32 Å². The molecule has 0 spiro atoms. The summed E-state index contributed by atoms with van der Waals surface area (Å²) in [5, 5.41) is 2.75. The molecule has 0 aliphatic carbocycles. The lowest BCUT2D eigenvalue weighted by Gasteiger charge is -2.20. The van der Waals surface area contributed by atoms with Gasteiger partial charge in [-0.15, -0.1) is 0 Å². The third-order valence-electron chi connectivity index (χ3n) is 3.96. The largest absolute Gasteiger partial charge is 0.480 e. The van der Waals surface area contributed by atoms with Crippen molar-refractivity contribution in [2.24, 2.45) is 0 Å². The quantitative estimate of drug-likeness (QED) is 0.632. The standard InChI is InChI=1S/C21H27BrN2O4S/c1-13-11-16(22)12-14(2)19(13)28-15(3)20(25)23-17-7-9-18(10-8-17)29(26,27)24-21(4,5)6/h7-12,15,24H,1-6H3,(H,23,25). The van der Waals surface area contributed by atoms with E-state index in [9.17, 15) is 13.2 Å². The number of sulfonamides is 1. The van der Waals surface area contributed by atoms with E-state index in [0.29, 0.717) is 11.4 Å². The molecule has 0 aliphatic heterocycles. The van der Waals surface area contributed by atoms with Crippen LogP contribution in [0.1, 0.15) is 38.8 Å². The predicted octanol–water partition coefficient (Wildman–Crippen LogP) is 4.55. The number of aryl methyl sites for hydroxylation is 2. The minimum absolute atomic E-state index is 0.135. The van der Waals surface area contributed by atoms with Crippen molar-refractivity contribution >= 4 is 37.5 Å². The van der Waals surface area contributed by atoms with Gasteiger partial charge in [-0.1, -0.05) is 15.9 Å². The highest BCUT2D eigenvalue weighted by atomic mass is 79.9. The number of nitrogens with one attached hydrogen (secondary N) is 2. The number of carbonyl (C=O) groups excluding carboxylic acids is 1. The van der Waals surface area contributed by atoms with Crippen molar-refractivity contribution in [3.8, 4) is 5.75 Å². The minimum Gasteiger partial charge on any atom is -0.480 e. The molecule has 1 atom stereocenters. The summed E-state index contributed by atoms with van der Waals surface area (Å²) >= 11 is 3.44. The van der Waals surface area contributed by atoms with Crippen LogP contribution < -0.4 is 14.8 Å². The van der Waals surface area contributed by atoms with Crippen LogP contribution >= 0.6 is 15.9 Å². The van der Waals surface area contributed by atoms with Crippen molar-refractivity contribution in [3.05, 3.63) is 52.0 Å². The number of hydrogen-bond donors (Lipinski definition) is 2. The molecule has 2 rings (SSSR count). The van der Waals surface area contributed by atoms with E-state index in [0.717, 1.165) is 15.6 Å². The number of halogens is 1. The van der Waals surface area contributed by atoms with E-state index in [1.165, 1.54) is 12.1 Å². The minimum atomic E-state index is -3.62. The van der Waals surface area contributed by atoms with Crippen LogP contribution in [0, 0.1) is 13.8 Å². The molecule has 0 bridgehead atoms. The molecule has 1 unspecified atom stereocenters. The Morgan fingerprint density at radius 2 is 1.59 bits per heavy atom. The average molecular weight is 483 g/mol. The Morgan fingerprint density at radius 1 is 1.07 bits per heavy atom. The maximum Gasteiger partial charge on any atom is 0.265 e. The first-order chi connectivity index (χ1) is 13.3. The summed E-state index contributed by atoms with van der Waals surface area (Å²) in [6, 6.07) is 9.88. The number of amides is 1. The number of anilines is 1. The fraction of sp³-hybridized carbons (Fsp3) is 0.381. The molecule has 0 radical (unpaired) electrons. The third-order valence-corrected chi connectivity index (χ3v) is 6.19. The Balaban J connectivity index is 2.07. The molecule has 0 aromatic heterocycles. The second kappa shape index (κ2) is 8.85. The van der Waals surface area contributed by atoms with Gasteiger partial charge in [-0.25, -0.2) is 13.1 Å². The molecule has 0 heterocycles. The van der Waals surface area contributed by atoms with Crippen LogP contribution in [-0.4, -0.2) is 26.0 Å². The van der Waals surface area contributed by atoms with E-state index in [1.807, 2.05) is 26.0 Å². The van der Waals surface area contributed by atoms with Crippen molar-refractivity contribution in [1.82, 2.24) is 4.72 Å². The Labute approximate surface area is 181 Å². The van der Waals surface area contributed by atoms with Crippen LogP contribution in [-0.2, 0) is 14.8 Å². The Kier molecular flexibility index (Phi) is 7.14. The van der Waals surface area contributed by atoms with E-state index >= 15 is 0 Å². The topological polar surface area (TPSA) is 84.5 Å². The first kappa shape index (κ1) is 23.4. The van der Waals surface area contributed by atoms with Gasteiger partial charge in [-0.05, 0) is 89.1 Å². The molecule has 0 fully saturated rings. The predicted molar refractivity (Wildman–Crippen MR) is 119 cm³/mol. The van der Waals surface area contributed by atoms with E-state index in [2.05, 4.69) is 26.0 Å². The first-order valence-corrected chi connectivity index (χ1v) is 11.4. The lowest BCUT2D eigenvalue weighted by atomic mass is 10.1. The molecule has 29 heavy (non-hydrogen) atoms. The highest BCUT2D eigenvalue weighted by Crippen LogP contribution is 2.28. The Hall–Kier alpha value is -1.90. The zero-order valence-corrected chi connectivity index (χ0v) is 19.9. The third kappa shape index (κ3) is 6.55. The maximum atomic E-state index is 12.5. The fourth-order valence-electron chi connectivity index (χ4n) is 2.74.